The van der Waals surface area contributed by atoms with Crippen LogP contribution in [0.1, 0.15) is 0 Å². The second-order valence-corrected chi connectivity index (χ2v) is 30.4. The van der Waals surface area contributed by atoms with Crippen LogP contribution in [-0.4, -0.2) is 98.7 Å². The van der Waals surface area contributed by atoms with Gasteiger partial charge in [-0.15, -0.1) is 0 Å². The molecular weight excluding hydrogens is 505 g/mol. The monoisotopic (exact) mass is 558 g/mol. The lowest BCUT2D eigenvalue weighted by atomic mass is 9.99. The Hall–Kier alpha value is 0.548. The van der Waals surface area contributed by atoms with Crippen molar-refractivity contribution >= 4 is 33.3 Å². The lowest BCUT2D eigenvalue weighted by Gasteiger charge is -2.49. The summed E-state index contributed by atoms with van der Waals surface area (Å²) in [6, 6.07) is 0. The molecule has 12 heteroatoms. The molecule has 0 spiro atoms. The van der Waals surface area contributed by atoms with Gasteiger partial charge in [-0.05, 0) is 78.6 Å². The van der Waals surface area contributed by atoms with Crippen LogP contribution in [-0.2, 0) is 36.7 Å². The van der Waals surface area contributed by atoms with E-state index in [1.807, 2.05) is 0 Å². The molecule has 206 valence electrons. The van der Waals surface area contributed by atoms with Gasteiger partial charge < -0.3 is 36.7 Å². The van der Waals surface area contributed by atoms with Gasteiger partial charge in [-0.25, -0.2) is 0 Å². The van der Waals surface area contributed by atoms with Crippen LogP contribution in [0.4, 0.5) is 0 Å². The molecule has 0 N–H and O–H groups in total. The second-order valence-electron chi connectivity index (χ2n) is 12.5. The molecule has 0 amide bonds. The first-order chi connectivity index (χ1) is 15.1. The quantitative estimate of drug-likeness (QED) is 0.180. The van der Waals surface area contributed by atoms with Crippen LogP contribution in [0.15, 0.2) is 0 Å². The molecule has 0 aliphatic rings. The predicted octanol–water partition coefficient (Wildman–Crippen LogP) is 5.11. The minimum absolute atomic E-state index is 0.384. The maximum Gasteiger partial charge on any atom is 0.248 e. The smallest absolute Gasteiger partial charge is 0.248 e. The van der Waals surface area contributed by atoms with Crippen LogP contribution in [0.5, 0.6) is 0 Å². The molecule has 0 aliphatic carbocycles. The molecule has 0 radical (unpaired) electrons. The highest BCUT2D eigenvalue weighted by Gasteiger charge is 2.56. The van der Waals surface area contributed by atoms with Crippen molar-refractivity contribution in [3.8, 4) is 0 Å². The largest absolute Gasteiger partial charge is 0.415 e. The Morgan fingerprint density at radius 1 is 0.559 bits per heavy atom. The fourth-order valence-electron chi connectivity index (χ4n) is 3.55. The van der Waals surface area contributed by atoms with Crippen LogP contribution in [0.25, 0.3) is 0 Å². The first-order valence-corrected chi connectivity index (χ1v) is 25.6. The SMILES string of the molecule is COC(OC)C(OC)(OC)C(O[Si](C)(C)C)C(O[Si](C)(C)C)C(CO[Si](C)(C)C)O[Si](C)(C)C. The summed E-state index contributed by atoms with van der Waals surface area (Å²) >= 11 is 0. The van der Waals surface area contributed by atoms with Crippen molar-refractivity contribution in [3.05, 3.63) is 0 Å². The minimum Gasteiger partial charge on any atom is -0.415 e. The van der Waals surface area contributed by atoms with Gasteiger partial charge in [0, 0.05) is 28.4 Å². The molecule has 0 aliphatic heterocycles. The summed E-state index contributed by atoms with van der Waals surface area (Å²) in [7, 11) is -1.80. The molecule has 0 aromatic rings. The Labute approximate surface area is 213 Å². The van der Waals surface area contributed by atoms with Crippen molar-refractivity contribution in [3.63, 3.8) is 0 Å². The van der Waals surface area contributed by atoms with Crippen LogP contribution in [0, 0.1) is 0 Å². The van der Waals surface area contributed by atoms with E-state index in [9.17, 15) is 0 Å². The maximum absolute atomic E-state index is 6.87. The molecule has 0 heterocycles. The third-order valence-electron chi connectivity index (χ3n) is 4.61. The standard InChI is InChI=1S/C22H54O8Si4/c1-23-21(24-2)22(25-3,26-4)20(30-34(14,15)16)19(29-33(11,12)13)18(28-32(8,9)10)17-27-31(5,6)7/h18-21H,17H2,1-16H3. The summed E-state index contributed by atoms with van der Waals surface area (Å²) in [4.78, 5) is 0. The van der Waals surface area contributed by atoms with E-state index in [-0.39, 0.29) is 6.10 Å². The molecule has 8 nitrogen and oxygen atoms in total. The normalized spacial score (nSPS) is 17.2. The fourth-order valence-corrected chi connectivity index (χ4v) is 7.48. The first kappa shape index (κ1) is 34.5. The average molecular weight is 559 g/mol. The maximum atomic E-state index is 6.87. The van der Waals surface area contributed by atoms with Gasteiger partial charge >= 0.3 is 0 Å². The van der Waals surface area contributed by atoms with E-state index in [1.165, 1.54) is 0 Å². The third-order valence-corrected chi connectivity index (χ3v) is 8.59. The van der Waals surface area contributed by atoms with E-state index in [1.54, 1.807) is 28.4 Å². The van der Waals surface area contributed by atoms with E-state index in [0.29, 0.717) is 6.61 Å². The van der Waals surface area contributed by atoms with Crippen molar-refractivity contribution in [2.75, 3.05) is 35.0 Å². The number of rotatable bonds is 17. The molecule has 3 atom stereocenters. The molecule has 0 aromatic heterocycles. The molecule has 34 heavy (non-hydrogen) atoms. The molecular formula is C22H54O8Si4. The number of ether oxygens (including phenoxy) is 4. The molecule has 0 saturated heterocycles. The lowest BCUT2D eigenvalue weighted by molar-refractivity contribution is -0.365. The van der Waals surface area contributed by atoms with Crippen LogP contribution < -0.4 is 0 Å². The topological polar surface area (TPSA) is 73.8 Å². The first-order valence-electron chi connectivity index (χ1n) is 12.0. The van der Waals surface area contributed by atoms with Gasteiger partial charge in [-0.1, -0.05) is 0 Å². The zero-order valence-corrected chi connectivity index (χ0v) is 28.8. The number of methoxy groups -OCH3 is 4. The Bertz CT molecular complexity index is 573. The molecule has 3 unspecified atom stereocenters. The second kappa shape index (κ2) is 13.4. The fraction of sp³-hybridized carbons (Fsp3) is 1.00. The van der Waals surface area contributed by atoms with Crippen molar-refractivity contribution in [1.82, 2.24) is 0 Å². The van der Waals surface area contributed by atoms with Crippen molar-refractivity contribution in [1.29, 1.82) is 0 Å². The minimum atomic E-state index is -2.15. The van der Waals surface area contributed by atoms with Crippen molar-refractivity contribution < 1.29 is 36.7 Å². The highest BCUT2D eigenvalue weighted by atomic mass is 28.4. The molecule has 0 fully saturated rings. The zero-order valence-electron chi connectivity index (χ0n) is 24.8. The average Bonchev–Trinajstić information content (AvgIpc) is 2.63. The van der Waals surface area contributed by atoms with Gasteiger partial charge in [0.2, 0.25) is 12.1 Å². The summed E-state index contributed by atoms with van der Waals surface area (Å²) in [5.41, 5.74) is 0. The van der Waals surface area contributed by atoms with E-state index in [0.717, 1.165) is 0 Å². The van der Waals surface area contributed by atoms with Gasteiger partial charge in [0.25, 0.3) is 0 Å². The van der Waals surface area contributed by atoms with E-state index < -0.39 is 57.6 Å². The van der Waals surface area contributed by atoms with Crippen LogP contribution in [0.3, 0.4) is 0 Å². The molecule has 0 saturated carbocycles. The van der Waals surface area contributed by atoms with Gasteiger partial charge in [0.05, 0.1) is 12.7 Å². The zero-order chi connectivity index (χ0) is 27.2. The molecule has 0 bridgehead atoms. The number of hydrogen-bond acceptors (Lipinski definition) is 8. The summed E-state index contributed by atoms with van der Waals surface area (Å²) in [6.07, 6.45) is -2.47. The Balaban J connectivity index is 6.98. The van der Waals surface area contributed by atoms with E-state index in [2.05, 4.69) is 78.6 Å². The van der Waals surface area contributed by atoms with Crippen molar-refractivity contribution in [2.24, 2.45) is 0 Å². The van der Waals surface area contributed by atoms with Crippen LogP contribution in [0.2, 0.25) is 78.6 Å². The number of hydrogen-bond donors (Lipinski definition) is 0. The van der Waals surface area contributed by atoms with Gasteiger partial charge in [-0.2, -0.15) is 0 Å². The van der Waals surface area contributed by atoms with Crippen molar-refractivity contribution in [2.45, 2.75) is 109 Å². The van der Waals surface area contributed by atoms with Gasteiger partial charge in [0.15, 0.2) is 33.3 Å². The Morgan fingerprint density at radius 3 is 1.26 bits per heavy atom. The Morgan fingerprint density at radius 2 is 0.971 bits per heavy atom. The summed E-state index contributed by atoms with van der Waals surface area (Å²) < 4.78 is 50.3. The Kier molecular flexibility index (Phi) is 13.6. The highest BCUT2D eigenvalue weighted by molar-refractivity contribution is 6.71. The summed E-state index contributed by atoms with van der Waals surface area (Å²) in [6.45, 7) is 26.3. The third kappa shape index (κ3) is 12.2. The van der Waals surface area contributed by atoms with Gasteiger partial charge in [0.1, 0.15) is 12.2 Å². The summed E-state index contributed by atoms with van der Waals surface area (Å²) in [5.74, 6) is -1.39. The summed E-state index contributed by atoms with van der Waals surface area (Å²) in [5, 5.41) is 0. The van der Waals surface area contributed by atoms with Gasteiger partial charge in [-0.3, -0.25) is 0 Å². The van der Waals surface area contributed by atoms with E-state index >= 15 is 0 Å². The predicted molar refractivity (Wildman–Crippen MR) is 149 cm³/mol. The van der Waals surface area contributed by atoms with E-state index in [4.69, 9.17) is 36.7 Å². The highest BCUT2D eigenvalue weighted by Crippen LogP contribution is 2.35. The molecule has 0 aromatic carbocycles. The lowest BCUT2D eigenvalue weighted by Crippen LogP contribution is -2.67. The molecule has 0 rings (SSSR count). The van der Waals surface area contributed by atoms with Crippen LogP contribution >= 0.6 is 0 Å².